The van der Waals surface area contributed by atoms with E-state index in [1.807, 2.05) is 49.4 Å². The minimum atomic E-state index is -0.686. The minimum absolute atomic E-state index is 0.0108. The molecule has 0 radical (unpaired) electrons. The van der Waals surface area contributed by atoms with E-state index >= 15 is 0 Å². The largest absolute Gasteiger partial charge is 0.463 e. The summed E-state index contributed by atoms with van der Waals surface area (Å²) in [7, 11) is 0. The number of aryl methyl sites for hydroxylation is 2. The summed E-state index contributed by atoms with van der Waals surface area (Å²) in [5.74, 6) is 0.542. The number of aliphatic hydroxyl groups is 1. The summed E-state index contributed by atoms with van der Waals surface area (Å²) in [5, 5.41) is 15.2. The zero-order valence-corrected chi connectivity index (χ0v) is 21.9. The molecule has 0 fully saturated rings. The lowest BCUT2D eigenvalue weighted by molar-refractivity contribution is -0.146. The number of hydrogen-bond acceptors (Lipinski definition) is 5. The molecule has 0 spiro atoms. The van der Waals surface area contributed by atoms with Crippen LogP contribution in [0.4, 0.5) is 21.9 Å². The lowest BCUT2D eigenvalue weighted by Crippen LogP contribution is -2.32. The Bertz CT molecular complexity index is 945. The lowest BCUT2D eigenvalue weighted by Gasteiger charge is -2.30. The maximum Gasteiger partial charge on any atom is 0.323 e. The number of benzene rings is 2. The van der Waals surface area contributed by atoms with Crippen molar-refractivity contribution in [1.82, 2.24) is 0 Å². The van der Waals surface area contributed by atoms with Crippen LogP contribution in [0.2, 0.25) is 0 Å². The highest BCUT2D eigenvalue weighted by molar-refractivity contribution is 6.02. The van der Waals surface area contributed by atoms with Crippen LogP contribution in [0, 0.1) is 18.8 Å². The Morgan fingerprint density at radius 3 is 2.14 bits per heavy atom. The zero-order chi connectivity index (χ0) is 26.0. The van der Waals surface area contributed by atoms with E-state index < -0.39 is 6.10 Å². The number of hydrogen-bond donors (Lipinski definition) is 3. The van der Waals surface area contributed by atoms with Crippen molar-refractivity contribution in [3.8, 4) is 0 Å². The Kier molecular flexibility index (Phi) is 11.1. The maximum atomic E-state index is 12.9. The molecule has 2 aromatic carbocycles. The molecule has 2 amide bonds. The number of nitrogens with zero attached hydrogens (tertiary/aromatic N) is 1. The molecule has 7 heteroatoms. The van der Waals surface area contributed by atoms with Crippen LogP contribution in [0.15, 0.2) is 42.5 Å². The summed E-state index contributed by atoms with van der Waals surface area (Å²) >= 11 is 0. The van der Waals surface area contributed by atoms with Gasteiger partial charge in [0.25, 0.3) is 0 Å². The number of anilines is 3. The fraction of sp³-hybridized carbons (Fsp3) is 0.500. The fourth-order valence-electron chi connectivity index (χ4n) is 3.72. The van der Waals surface area contributed by atoms with E-state index in [0.717, 1.165) is 29.9 Å². The number of esters is 1. The lowest BCUT2D eigenvalue weighted by atomic mass is 10.1. The van der Waals surface area contributed by atoms with Gasteiger partial charge in [-0.05, 0) is 61.9 Å². The molecule has 0 aliphatic heterocycles. The summed E-state index contributed by atoms with van der Waals surface area (Å²) in [5.41, 5.74) is 4.41. The molecular formula is C28H41N3O4. The molecule has 0 bridgehead atoms. The minimum Gasteiger partial charge on any atom is -0.463 e. The van der Waals surface area contributed by atoms with Crippen LogP contribution < -0.4 is 15.5 Å². The second-order valence-corrected chi connectivity index (χ2v) is 10.0. The van der Waals surface area contributed by atoms with Gasteiger partial charge >= 0.3 is 12.0 Å². The molecular weight excluding hydrogens is 442 g/mol. The highest BCUT2D eigenvalue weighted by Crippen LogP contribution is 2.30. The van der Waals surface area contributed by atoms with Gasteiger partial charge < -0.3 is 25.4 Å². The summed E-state index contributed by atoms with van der Waals surface area (Å²) in [6, 6.07) is 13.3. The van der Waals surface area contributed by atoms with Crippen molar-refractivity contribution in [2.45, 2.75) is 60.5 Å². The van der Waals surface area contributed by atoms with Crippen LogP contribution in [0.25, 0.3) is 0 Å². The average Bonchev–Trinajstić information content (AvgIpc) is 2.77. The number of aliphatic hydroxyl groups excluding tert-OH is 1. The number of ether oxygens (including phenoxy) is 1. The molecule has 0 aliphatic carbocycles. The third-order valence-corrected chi connectivity index (χ3v) is 5.23. The van der Waals surface area contributed by atoms with Gasteiger partial charge in [0.1, 0.15) is 6.61 Å². The molecule has 0 aromatic heterocycles. The van der Waals surface area contributed by atoms with E-state index in [1.165, 1.54) is 0 Å². The Hall–Kier alpha value is -3.06. The van der Waals surface area contributed by atoms with Crippen molar-refractivity contribution >= 4 is 29.1 Å². The van der Waals surface area contributed by atoms with Crippen molar-refractivity contribution in [3.63, 3.8) is 0 Å². The molecule has 0 aliphatic rings. The zero-order valence-electron chi connectivity index (χ0n) is 21.9. The molecule has 192 valence electrons. The number of amides is 2. The first-order chi connectivity index (χ1) is 16.5. The van der Waals surface area contributed by atoms with Gasteiger partial charge in [0.2, 0.25) is 0 Å². The monoisotopic (exact) mass is 483 g/mol. The summed E-state index contributed by atoms with van der Waals surface area (Å²) < 4.78 is 5.07. The van der Waals surface area contributed by atoms with Crippen LogP contribution in [0.5, 0.6) is 0 Å². The Morgan fingerprint density at radius 2 is 1.57 bits per heavy atom. The van der Waals surface area contributed by atoms with E-state index in [4.69, 9.17) is 4.74 Å². The van der Waals surface area contributed by atoms with Crippen LogP contribution >= 0.6 is 0 Å². The van der Waals surface area contributed by atoms with Crippen LogP contribution in [-0.4, -0.2) is 42.9 Å². The molecule has 2 rings (SSSR count). The third kappa shape index (κ3) is 10.4. The summed E-state index contributed by atoms with van der Waals surface area (Å²) in [6.45, 7) is 14.0. The Labute approximate surface area is 209 Å². The molecule has 2 aromatic rings. The average molecular weight is 484 g/mol. The van der Waals surface area contributed by atoms with Crippen LogP contribution in [0.3, 0.4) is 0 Å². The Balaban J connectivity index is 2.25. The number of rotatable bonds is 12. The maximum absolute atomic E-state index is 12.9. The van der Waals surface area contributed by atoms with Crippen molar-refractivity contribution < 1.29 is 19.4 Å². The topological polar surface area (TPSA) is 90.9 Å². The predicted octanol–water partition coefficient (Wildman–Crippen LogP) is 5.61. The molecule has 0 unspecified atom stereocenters. The number of carbonyl (C=O) groups excluding carboxylic acids is 2. The van der Waals surface area contributed by atoms with E-state index in [9.17, 15) is 14.7 Å². The molecule has 0 saturated carbocycles. The standard InChI is InChI=1S/C28H41N3O4/c1-19(2)16-31(17-20(3)4)26-13-9-23(10-14-27(33)35-18-22(6)32)15-25(26)30-28(34)29-24-11-7-21(5)8-12-24/h7-9,11-13,15,19-20,22,32H,10,14,16-18H2,1-6H3,(H2,29,30,34)/t22-/m0/s1. The highest BCUT2D eigenvalue weighted by Gasteiger charge is 2.17. The fourth-order valence-corrected chi connectivity index (χ4v) is 3.72. The smallest absolute Gasteiger partial charge is 0.323 e. The molecule has 3 N–H and O–H groups in total. The molecule has 0 heterocycles. The van der Waals surface area contributed by atoms with Crippen LogP contribution in [-0.2, 0) is 16.0 Å². The van der Waals surface area contributed by atoms with Gasteiger partial charge in [0, 0.05) is 25.2 Å². The summed E-state index contributed by atoms with van der Waals surface area (Å²) in [4.78, 5) is 27.2. The van der Waals surface area contributed by atoms with Crippen molar-refractivity contribution in [2.24, 2.45) is 11.8 Å². The van der Waals surface area contributed by atoms with Gasteiger partial charge in [-0.25, -0.2) is 4.79 Å². The molecule has 1 atom stereocenters. The second-order valence-electron chi connectivity index (χ2n) is 10.0. The van der Waals surface area contributed by atoms with E-state index in [0.29, 0.717) is 29.6 Å². The second kappa shape index (κ2) is 13.7. The predicted molar refractivity (Wildman–Crippen MR) is 143 cm³/mol. The highest BCUT2D eigenvalue weighted by atomic mass is 16.5. The van der Waals surface area contributed by atoms with E-state index in [1.54, 1.807) is 6.92 Å². The first-order valence-corrected chi connectivity index (χ1v) is 12.4. The first kappa shape index (κ1) is 28.2. The van der Waals surface area contributed by atoms with Gasteiger partial charge in [-0.3, -0.25) is 4.79 Å². The van der Waals surface area contributed by atoms with Crippen molar-refractivity contribution in [2.75, 3.05) is 35.2 Å². The summed E-state index contributed by atoms with van der Waals surface area (Å²) in [6.07, 6.45) is -0.0152. The third-order valence-electron chi connectivity index (χ3n) is 5.23. The van der Waals surface area contributed by atoms with Crippen LogP contribution in [0.1, 0.15) is 52.2 Å². The van der Waals surface area contributed by atoms with Gasteiger partial charge in [-0.15, -0.1) is 0 Å². The molecule has 7 nitrogen and oxygen atoms in total. The molecule has 35 heavy (non-hydrogen) atoms. The quantitative estimate of drug-likeness (QED) is 0.341. The van der Waals surface area contributed by atoms with Gasteiger partial charge in [0.15, 0.2) is 0 Å². The number of carbonyl (C=O) groups is 2. The van der Waals surface area contributed by atoms with Crippen molar-refractivity contribution in [1.29, 1.82) is 0 Å². The number of nitrogens with one attached hydrogen (secondary N) is 2. The Morgan fingerprint density at radius 1 is 0.943 bits per heavy atom. The SMILES string of the molecule is Cc1ccc(NC(=O)Nc2cc(CCC(=O)OC[C@H](C)O)ccc2N(CC(C)C)CC(C)C)cc1. The molecule has 0 saturated heterocycles. The van der Waals surface area contributed by atoms with Gasteiger partial charge in [-0.2, -0.15) is 0 Å². The normalized spacial score (nSPS) is 11.9. The van der Waals surface area contributed by atoms with Gasteiger partial charge in [0.05, 0.1) is 17.5 Å². The first-order valence-electron chi connectivity index (χ1n) is 12.4. The van der Waals surface area contributed by atoms with Gasteiger partial charge in [-0.1, -0.05) is 51.5 Å². The van der Waals surface area contributed by atoms with E-state index in [-0.39, 0.29) is 25.0 Å². The number of urea groups is 1. The van der Waals surface area contributed by atoms with E-state index in [2.05, 4.69) is 43.2 Å². The van der Waals surface area contributed by atoms with Crippen molar-refractivity contribution in [3.05, 3.63) is 53.6 Å².